The highest BCUT2D eigenvalue weighted by atomic mass is 16.5. The van der Waals surface area contributed by atoms with E-state index in [-0.39, 0.29) is 5.60 Å². The van der Waals surface area contributed by atoms with Gasteiger partial charge in [0, 0.05) is 39.2 Å². The number of nitrogens with one attached hydrogen (secondary N) is 1. The van der Waals surface area contributed by atoms with Gasteiger partial charge in [-0.05, 0) is 25.3 Å². The second kappa shape index (κ2) is 8.93. The van der Waals surface area contributed by atoms with E-state index in [2.05, 4.69) is 26.1 Å². The molecule has 1 heterocycles. The zero-order chi connectivity index (χ0) is 14.1. The van der Waals surface area contributed by atoms with Gasteiger partial charge in [-0.2, -0.15) is 0 Å². The second-order valence-corrected chi connectivity index (χ2v) is 6.02. The summed E-state index contributed by atoms with van der Waals surface area (Å²) in [6, 6.07) is 0.461. The van der Waals surface area contributed by atoms with Gasteiger partial charge in [-0.25, -0.2) is 0 Å². The molecule has 1 aliphatic heterocycles. The standard InChI is InChI=1S/C16H33NO2/c1-5-7-14(3)13-15(17-10-6-2)16(18-4)8-11-19-12-9-16/h14-15,17H,5-13H2,1-4H3. The summed E-state index contributed by atoms with van der Waals surface area (Å²) in [7, 11) is 1.87. The van der Waals surface area contributed by atoms with Gasteiger partial charge in [0.1, 0.15) is 0 Å². The van der Waals surface area contributed by atoms with Crippen molar-refractivity contribution in [2.45, 2.75) is 70.9 Å². The monoisotopic (exact) mass is 271 g/mol. The van der Waals surface area contributed by atoms with E-state index in [0.29, 0.717) is 6.04 Å². The molecule has 114 valence electrons. The van der Waals surface area contributed by atoms with Crippen LogP contribution in [0.3, 0.4) is 0 Å². The van der Waals surface area contributed by atoms with Crippen LogP contribution < -0.4 is 5.32 Å². The number of ether oxygens (including phenoxy) is 2. The van der Waals surface area contributed by atoms with E-state index in [9.17, 15) is 0 Å². The van der Waals surface area contributed by atoms with Gasteiger partial charge < -0.3 is 14.8 Å². The average molecular weight is 271 g/mol. The molecule has 0 saturated carbocycles. The molecule has 0 spiro atoms. The van der Waals surface area contributed by atoms with E-state index in [1.807, 2.05) is 7.11 Å². The molecule has 0 bridgehead atoms. The maximum absolute atomic E-state index is 5.97. The fourth-order valence-corrected chi connectivity index (χ4v) is 3.23. The summed E-state index contributed by atoms with van der Waals surface area (Å²) in [6.45, 7) is 9.61. The van der Waals surface area contributed by atoms with Crippen LogP contribution in [0.15, 0.2) is 0 Å². The Kier molecular flexibility index (Phi) is 7.96. The largest absolute Gasteiger partial charge is 0.381 e. The topological polar surface area (TPSA) is 30.5 Å². The first-order valence-corrected chi connectivity index (χ1v) is 8.04. The molecule has 3 heteroatoms. The number of methoxy groups -OCH3 is 1. The molecule has 0 aromatic carbocycles. The molecule has 3 nitrogen and oxygen atoms in total. The van der Waals surface area contributed by atoms with Crippen LogP contribution in [0.1, 0.15) is 59.3 Å². The van der Waals surface area contributed by atoms with Gasteiger partial charge in [0.15, 0.2) is 0 Å². The highest BCUT2D eigenvalue weighted by Gasteiger charge is 2.40. The Hall–Kier alpha value is -0.120. The summed E-state index contributed by atoms with van der Waals surface area (Å²) in [5, 5.41) is 3.74. The molecular weight excluding hydrogens is 238 g/mol. The summed E-state index contributed by atoms with van der Waals surface area (Å²) in [5.41, 5.74) is -0.0184. The summed E-state index contributed by atoms with van der Waals surface area (Å²) in [6.07, 6.45) is 7.00. The van der Waals surface area contributed by atoms with Crippen LogP contribution in [-0.4, -0.2) is 38.5 Å². The average Bonchev–Trinajstić information content (AvgIpc) is 2.44. The lowest BCUT2D eigenvalue weighted by atomic mass is 9.80. The molecule has 2 atom stereocenters. The van der Waals surface area contributed by atoms with Gasteiger partial charge in [-0.15, -0.1) is 0 Å². The Morgan fingerprint density at radius 3 is 2.42 bits per heavy atom. The molecule has 1 fully saturated rings. The van der Waals surface area contributed by atoms with E-state index in [1.165, 1.54) is 25.7 Å². The SMILES string of the molecule is CCCNC(CC(C)CCC)C1(OC)CCOCC1. The van der Waals surface area contributed by atoms with Crippen LogP contribution in [0.5, 0.6) is 0 Å². The Bertz CT molecular complexity index is 227. The summed E-state index contributed by atoms with van der Waals surface area (Å²) >= 11 is 0. The van der Waals surface area contributed by atoms with Gasteiger partial charge >= 0.3 is 0 Å². The third kappa shape index (κ3) is 5.05. The molecule has 1 saturated heterocycles. The van der Waals surface area contributed by atoms with Crippen LogP contribution in [0.4, 0.5) is 0 Å². The first kappa shape index (κ1) is 16.9. The fourth-order valence-electron chi connectivity index (χ4n) is 3.23. The lowest BCUT2D eigenvalue weighted by Crippen LogP contribution is -2.55. The van der Waals surface area contributed by atoms with E-state index in [4.69, 9.17) is 9.47 Å². The molecule has 0 aromatic heterocycles. The minimum atomic E-state index is -0.0184. The van der Waals surface area contributed by atoms with E-state index in [0.717, 1.165) is 38.5 Å². The number of hydrogen-bond acceptors (Lipinski definition) is 3. The smallest absolute Gasteiger partial charge is 0.0874 e. The number of rotatable bonds is 9. The van der Waals surface area contributed by atoms with Crippen LogP contribution in [0, 0.1) is 5.92 Å². The van der Waals surface area contributed by atoms with Crippen molar-refractivity contribution in [3.05, 3.63) is 0 Å². The molecule has 19 heavy (non-hydrogen) atoms. The molecule has 1 rings (SSSR count). The van der Waals surface area contributed by atoms with Gasteiger partial charge in [-0.1, -0.05) is 33.6 Å². The third-order valence-electron chi connectivity index (χ3n) is 4.44. The van der Waals surface area contributed by atoms with Crippen molar-refractivity contribution < 1.29 is 9.47 Å². The van der Waals surface area contributed by atoms with Crippen molar-refractivity contribution in [2.24, 2.45) is 5.92 Å². The minimum Gasteiger partial charge on any atom is -0.381 e. The third-order valence-corrected chi connectivity index (χ3v) is 4.44. The van der Waals surface area contributed by atoms with Crippen LogP contribution >= 0.6 is 0 Å². The van der Waals surface area contributed by atoms with Crippen LogP contribution in [0.2, 0.25) is 0 Å². The predicted molar refractivity (Wildman–Crippen MR) is 80.6 cm³/mol. The Labute approximate surface area is 119 Å². The summed E-state index contributed by atoms with van der Waals surface area (Å²) in [5.74, 6) is 0.759. The summed E-state index contributed by atoms with van der Waals surface area (Å²) < 4.78 is 11.5. The van der Waals surface area contributed by atoms with E-state index in [1.54, 1.807) is 0 Å². The predicted octanol–water partition coefficient (Wildman–Crippen LogP) is 3.38. The highest BCUT2D eigenvalue weighted by molar-refractivity contribution is 4.95. The maximum atomic E-state index is 5.97. The fraction of sp³-hybridized carbons (Fsp3) is 1.00. The van der Waals surface area contributed by atoms with Crippen molar-refractivity contribution in [3.63, 3.8) is 0 Å². The first-order valence-electron chi connectivity index (χ1n) is 8.04. The first-order chi connectivity index (χ1) is 9.18. The summed E-state index contributed by atoms with van der Waals surface area (Å²) in [4.78, 5) is 0. The van der Waals surface area contributed by atoms with Gasteiger partial charge in [0.25, 0.3) is 0 Å². The van der Waals surface area contributed by atoms with E-state index >= 15 is 0 Å². The van der Waals surface area contributed by atoms with Crippen molar-refractivity contribution in [1.82, 2.24) is 5.32 Å². The molecule has 0 aliphatic carbocycles. The second-order valence-electron chi connectivity index (χ2n) is 6.02. The Balaban J connectivity index is 2.68. The van der Waals surface area contributed by atoms with Crippen molar-refractivity contribution in [2.75, 3.05) is 26.9 Å². The molecular formula is C16H33NO2. The Morgan fingerprint density at radius 1 is 1.21 bits per heavy atom. The molecule has 0 amide bonds. The van der Waals surface area contributed by atoms with Crippen molar-refractivity contribution in [3.8, 4) is 0 Å². The Morgan fingerprint density at radius 2 is 1.89 bits per heavy atom. The molecule has 1 aliphatic rings. The number of hydrogen-bond donors (Lipinski definition) is 1. The quantitative estimate of drug-likeness (QED) is 0.697. The lowest BCUT2D eigenvalue weighted by molar-refractivity contribution is -0.113. The zero-order valence-corrected chi connectivity index (χ0v) is 13.3. The molecule has 0 radical (unpaired) electrons. The molecule has 1 N–H and O–H groups in total. The normalized spacial score (nSPS) is 22.1. The zero-order valence-electron chi connectivity index (χ0n) is 13.3. The van der Waals surface area contributed by atoms with Crippen molar-refractivity contribution in [1.29, 1.82) is 0 Å². The minimum absolute atomic E-state index is 0.0184. The van der Waals surface area contributed by atoms with E-state index < -0.39 is 0 Å². The van der Waals surface area contributed by atoms with Crippen molar-refractivity contribution >= 4 is 0 Å². The van der Waals surface area contributed by atoms with Crippen LogP contribution in [0.25, 0.3) is 0 Å². The van der Waals surface area contributed by atoms with Crippen LogP contribution in [-0.2, 0) is 9.47 Å². The van der Waals surface area contributed by atoms with Gasteiger partial charge in [-0.3, -0.25) is 0 Å². The molecule has 0 aromatic rings. The maximum Gasteiger partial charge on any atom is 0.0874 e. The molecule has 2 unspecified atom stereocenters. The highest BCUT2D eigenvalue weighted by Crippen LogP contribution is 2.32. The lowest BCUT2D eigenvalue weighted by Gasteiger charge is -2.43. The van der Waals surface area contributed by atoms with Gasteiger partial charge in [0.05, 0.1) is 5.60 Å². The van der Waals surface area contributed by atoms with Gasteiger partial charge in [0.2, 0.25) is 0 Å².